The minimum Gasteiger partial charge on any atom is -0.480 e. The Morgan fingerprint density at radius 3 is 3.12 bits per heavy atom. The Hall–Kier alpha value is -2.03. The average molecular weight is 254 g/mol. The van der Waals surface area contributed by atoms with Crippen LogP contribution in [0.5, 0.6) is 0 Å². The molecule has 2 heterocycles. The van der Waals surface area contributed by atoms with Crippen LogP contribution in [-0.4, -0.2) is 35.4 Å². The van der Waals surface area contributed by atoms with E-state index < -0.39 is 5.97 Å². The van der Waals surface area contributed by atoms with Crippen LogP contribution < -0.4 is 5.32 Å². The highest BCUT2D eigenvalue weighted by Gasteiger charge is 2.05. The highest BCUT2D eigenvalue weighted by Crippen LogP contribution is 2.10. The topological polar surface area (TPSA) is 106 Å². The van der Waals surface area contributed by atoms with Crippen molar-refractivity contribution in [1.82, 2.24) is 24.4 Å². The number of aliphatic carboxylic acids is 1. The maximum atomic E-state index is 10.4. The van der Waals surface area contributed by atoms with E-state index in [1.54, 1.807) is 6.20 Å². The van der Waals surface area contributed by atoms with E-state index in [9.17, 15) is 4.79 Å². The van der Waals surface area contributed by atoms with Crippen LogP contribution in [-0.2, 0) is 17.9 Å². The van der Waals surface area contributed by atoms with E-state index in [4.69, 9.17) is 5.11 Å². The van der Waals surface area contributed by atoms with Gasteiger partial charge in [-0.15, -0.1) is 5.10 Å². The van der Waals surface area contributed by atoms with Gasteiger partial charge in [0.2, 0.25) is 5.13 Å². The monoisotopic (exact) mass is 254 g/mol. The SMILES string of the molecule is Cc1nsc(NCc2cn(CC(=O)O)nn2)n1. The minimum atomic E-state index is -0.950. The molecule has 9 heteroatoms. The molecule has 2 rings (SSSR count). The van der Waals surface area contributed by atoms with Crippen molar-refractivity contribution in [2.75, 3.05) is 5.32 Å². The van der Waals surface area contributed by atoms with E-state index in [1.807, 2.05) is 6.92 Å². The predicted octanol–water partition coefficient (Wildman–Crippen LogP) is 0.135. The summed E-state index contributed by atoms with van der Waals surface area (Å²) in [5.41, 5.74) is 0.652. The van der Waals surface area contributed by atoms with Gasteiger partial charge < -0.3 is 10.4 Å². The highest BCUT2D eigenvalue weighted by atomic mass is 32.1. The van der Waals surface area contributed by atoms with E-state index in [0.29, 0.717) is 23.2 Å². The van der Waals surface area contributed by atoms with Crippen LogP contribution >= 0.6 is 11.5 Å². The predicted molar refractivity (Wildman–Crippen MR) is 59.6 cm³/mol. The first kappa shape index (κ1) is 11.5. The van der Waals surface area contributed by atoms with Gasteiger partial charge in [-0.1, -0.05) is 5.21 Å². The van der Waals surface area contributed by atoms with Gasteiger partial charge in [-0.2, -0.15) is 4.37 Å². The fraction of sp³-hybridized carbons (Fsp3) is 0.375. The molecule has 8 nitrogen and oxygen atoms in total. The van der Waals surface area contributed by atoms with Crippen LogP contribution in [0.25, 0.3) is 0 Å². The van der Waals surface area contributed by atoms with Gasteiger partial charge >= 0.3 is 5.97 Å². The Labute approximate surface area is 100 Å². The number of aryl methyl sites for hydroxylation is 1. The zero-order chi connectivity index (χ0) is 12.3. The molecule has 0 radical (unpaired) electrons. The number of carbonyl (C=O) groups is 1. The van der Waals surface area contributed by atoms with Crippen LogP contribution in [0, 0.1) is 6.92 Å². The lowest BCUT2D eigenvalue weighted by molar-refractivity contribution is -0.137. The second-order valence-corrected chi connectivity index (χ2v) is 4.05. The normalized spacial score (nSPS) is 10.4. The van der Waals surface area contributed by atoms with Gasteiger partial charge in [0.15, 0.2) is 0 Å². The van der Waals surface area contributed by atoms with Crippen LogP contribution in [0.3, 0.4) is 0 Å². The summed E-state index contributed by atoms with van der Waals surface area (Å²) in [6, 6.07) is 0. The highest BCUT2D eigenvalue weighted by molar-refractivity contribution is 7.09. The van der Waals surface area contributed by atoms with E-state index in [0.717, 1.165) is 0 Å². The summed E-state index contributed by atoms with van der Waals surface area (Å²) in [5.74, 6) is -0.235. The number of rotatable bonds is 5. The van der Waals surface area contributed by atoms with Gasteiger partial charge in [0.05, 0.1) is 12.7 Å². The van der Waals surface area contributed by atoms with E-state index in [2.05, 4.69) is 25.0 Å². The molecule has 0 saturated carbocycles. The van der Waals surface area contributed by atoms with Crippen molar-refractivity contribution >= 4 is 22.6 Å². The van der Waals surface area contributed by atoms with Crippen molar-refractivity contribution in [3.05, 3.63) is 17.7 Å². The first-order chi connectivity index (χ1) is 8.13. The van der Waals surface area contributed by atoms with Crippen molar-refractivity contribution in [2.45, 2.75) is 20.0 Å². The first-order valence-corrected chi connectivity index (χ1v) is 5.56. The lowest BCUT2D eigenvalue weighted by Crippen LogP contribution is -2.09. The fourth-order valence-corrected chi connectivity index (χ4v) is 1.74. The number of anilines is 1. The summed E-state index contributed by atoms with van der Waals surface area (Å²) in [7, 11) is 0. The molecule has 0 atom stereocenters. The molecule has 0 aromatic carbocycles. The lowest BCUT2D eigenvalue weighted by atomic mass is 10.5. The second-order valence-electron chi connectivity index (χ2n) is 3.30. The fourth-order valence-electron chi connectivity index (χ4n) is 1.17. The summed E-state index contributed by atoms with van der Waals surface area (Å²) in [5, 5.41) is 19.8. The summed E-state index contributed by atoms with van der Waals surface area (Å²) < 4.78 is 5.29. The van der Waals surface area contributed by atoms with E-state index in [-0.39, 0.29) is 6.54 Å². The van der Waals surface area contributed by atoms with Crippen molar-refractivity contribution in [3.63, 3.8) is 0 Å². The van der Waals surface area contributed by atoms with Crippen molar-refractivity contribution in [2.24, 2.45) is 0 Å². The number of carboxylic acid groups (broad SMARTS) is 1. The van der Waals surface area contributed by atoms with Crippen molar-refractivity contribution in [3.8, 4) is 0 Å². The van der Waals surface area contributed by atoms with Gasteiger partial charge in [0.1, 0.15) is 18.1 Å². The summed E-state index contributed by atoms with van der Waals surface area (Å²) in [6.45, 7) is 2.06. The smallest absolute Gasteiger partial charge is 0.325 e. The number of aromatic nitrogens is 5. The zero-order valence-corrected chi connectivity index (χ0v) is 9.81. The molecule has 2 aromatic rings. The third-order valence-corrected chi connectivity index (χ3v) is 2.60. The molecule has 0 bridgehead atoms. The first-order valence-electron chi connectivity index (χ1n) is 4.78. The number of hydrogen-bond acceptors (Lipinski definition) is 7. The molecule has 2 N–H and O–H groups in total. The Morgan fingerprint density at radius 2 is 2.47 bits per heavy atom. The molecular formula is C8H10N6O2S. The Morgan fingerprint density at radius 1 is 1.65 bits per heavy atom. The summed E-state index contributed by atoms with van der Waals surface area (Å²) >= 11 is 1.26. The summed E-state index contributed by atoms with van der Waals surface area (Å²) in [4.78, 5) is 14.6. The Balaban J connectivity index is 1.91. The van der Waals surface area contributed by atoms with E-state index in [1.165, 1.54) is 16.2 Å². The molecule has 0 amide bonds. The molecule has 90 valence electrons. The quantitative estimate of drug-likeness (QED) is 0.781. The maximum absolute atomic E-state index is 10.4. The molecule has 0 spiro atoms. The maximum Gasteiger partial charge on any atom is 0.325 e. The second kappa shape index (κ2) is 4.87. The van der Waals surface area contributed by atoms with Crippen LogP contribution in [0.2, 0.25) is 0 Å². The zero-order valence-electron chi connectivity index (χ0n) is 8.99. The molecule has 0 unspecified atom stereocenters. The van der Waals surface area contributed by atoms with Crippen LogP contribution in [0.1, 0.15) is 11.5 Å². The molecular weight excluding hydrogens is 244 g/mol. The molecule has 0 fully saturated rings. The standard InChI is InChI=1S/C8H10N6O2S/c1-5-10-8(17-12-5)9-2-6-3-14(13-11-6)4-7(15)16/h3H,2,4H2,1H3,(H,15,16)(H,9,10,12). The largest absolute Gasteiger partial charge is 0.480 e. The van der Waals surface area contributed by atoms with Gasteiger partial charge in [-0.25, -0.2) is 9.67 Å². The molecule has 0 aliphatic rings. The Kier molecular flexibility index (Phi) is 3.28. The third kappa shape index (κ3) is 3.21. The molecule has 0 aliphatic carbocycles. The molecule has 0 saturated heterocycles. The van der Waals surface area contributed by atoms with Crippen LogP contribution in [0.4, 0.5) is 5.13 Å². The van der Waals surface area contributed by atoms with Gasteiger partial charge in [-0.05, 0) is 6.92 Å². The molecule has 17 heavy (non-hydrogen) atoms. The number of nitrogens with one attached hydrogen (secondary N) is 1. The van der Waals surface area contributed by atoms with Crippen LogP contribution in [0.15, 0.2) is 6.20 Å². The van der Waals surface area contributed by atoms with Gasteiger partial charge in [0.25, 0.3) is 0 Å². The number of hydrogen-bond donors (Lipinski definition) is 2. The Bertz CT molecular complexity index is 522. The number of carboxylic acids is 1. The van der Waals surface area contributed by atoms with Gasteiger partial charge in [-0.3, -0.25) is 4.79 Å². The third-order valence-electron chi connectivity index (χ3n) is 1.83. The van der Waals surface area contributed by atoms with Gasteiger partial charge in [0, 0.05) is 11.5 Å². The summed E-state index contributed by atoms with van der Waals surface area (Å²) in [6.07, 6.45) is 1.58. The molecule has 2 aromatic heterocycles. The lowest BCUT2D eigenvalue weighted by Gasteiger charge is -1.96. The molecule has 0 aliphatic heterocycles. The number of nitrogens with zero attached hydrogens (tertiary/aromatic N) is 5. The minimum absolute atomic E-state index is 0.190. The van der Waals surface area contributed by atoms with Crippen molar-refractivity contribution in [1.29, 1.82) is 0 Å². The van der Waals surface area contributed by atoms with Crippen molar-refractivity contribution < 1.29 is 9.90 Å². The van der Waals surface area contributed by atoms with E-state index >= 15 is 0 Å². The average Bonchev–Trinajstić information content (AvgIpc) is 2.84.